The quantitative estimate of drug-likeness (QED) is 0.270. The van der Waals surface area contributed by atoms with Crippen LogP contribution in [0.1, 0.15) is 49.7 Å². The normalized spacial score (nSPS) is 17.6. The third kappa shape index (κ3) is 6.13. The average molecular weight is 590 g/mol. The summed E-state index contributed by atoms with van der Waals surface area (Å²) in [6, 6.07) is 13.0. The smallest absolute Gasteiger partial charge is 0.239 e. The van der Waals surface area contributed by atoms with Crippen molar-refractivity contribution in [1.82, 2.24) is 15.3 Å². The molecule has 2 heterocycles. The number of rotatable bonds is 10. The number of nitrogens with zero attached hydrogens (tertiary/aromatic N) is 2. The maximum atomic E-state index is 14.0. The summed E-state index contributed by atoms with van der Waals surface area (Å²) in [5, 5.41) is 6.68. The SMILES string of the molecule is COc1cccc(C2C3=C(CC(C)(C)CC3=O)Nc3ccccc3N2CC(=O)NCCSCc2nc[nH]c2C)c1OC. The van der Waals surface area contributed by atoms with E-state index in [0.717, 1.165) is 45.5 Å². The van der Waals surface area contributed by atoms with Crippen LogP contribution >= 0.6 is 11.8 Å². The van der Waals surface area contributed by atoms with Gasteiger partial charge in [0.05, 0.1) is 50.2 Å². The Bertz CT molecular complexity index is 1500. The highest BCUT2D eigenvalue weighted by atomic mass is 32.2. The summed E-state index contributed by atoms with van der Waals surface area (Å²) in [7, 11) is 3.20. The number of aromatic nitrogens is 2. The third-order valence-electron chi connectivity index (χ3n) is 7.79. The molecule has 42 heavy (non-hydrogen) atoms. The second-order valence-corrected chi connectivity index (χ2v) is 12.6. The molecule has 0 saturated heterocycles. The molecule has 1 amide bonds. The first kappa shape index (κ1) is 29.6. The van der Waals surface area contributed by atoms with Crippen LogP contribution in [-0.2, 0) is 15.3 Å². The first-order chi connectivity index (χ1) is 20.2. The zero-order chi connectivity index (χ0) is 29.9. The number of benzene rings is 2. The Kier molecular flexibility index (Phi) is 8.82. The van der Waals surface area contributed by atoms with E-state index in [9.17, 15) is 9.59 Å². The van der Waals surface area contributed by atoms with E-state index in [0.29, 0.717) is 36.5 Å². The predicted octanol–water partition coefficient (Wildman–Crippen LogP) is 5.40. The van der Waals surface area contributed by atoms with Crippen molar-refractivity contribution in [2.75, 3.05) is 43.3 Å². The lowest BCUT2D eigenvalue weighted by atomic mass is 9.73. The Hall–Kier alpha value is -3.92. The third-order valence-corrected chi connectivity index (χ3v) is 8.76. The van der Waals surface area contributed by atoms with E-state index in [-0.39, 0.29) is 23.7 Å². The van der Waals surface area contributed by atoms with E-state index in [4.69, 9.17) is 9.47 Å². The van der Waals surface area contributed by atoms with Crippen LogP contribution in [0.4, 0.5) is 11.4 Å². The molecule has 0 radical (unpaired) electrons. The van der Waals surface area contributed by atoms with Crippen molar-refractivity contribution in [3.63, 3.8) is 0 Å². The number of carbonyl (C=O) groups excluding carboxylic acids is 2. The number of H-pyrrole nitrogens is 1. The number of aryl methyl sites for hydroxylation is 1. The molecule has 9 nitrogen and oxygen atoms in total. The number of ether oxygens (including phenoxy) is 2. The van der Waals surface area contributed by atoms with Gasteiger partial charge in [0.15, 0.2) is 17.3 Å². The molecule has 1 atom stereocenters. The molecule has 10 heteroatoms. The first-order valence-electron chi connectivity index (χ1n) is 14.2. The summed E-state index contributed by atoms with van der Waals surface area (Å²) in [5.74, 6) is 2.59. The number of para-hydroxylation sites is 3. The van der Waals surface area contributed by atoms with Gasteiger partial charge >= 0.3 is 0 Å². The summed E-state index contributed by atoms with van der Waals surface area (Å²) >= 11 is 1.72. The fraction of sp³-hybridized carbons (Fsp3) is 0.406. The lowest BCUT2D eigenvalue weighted by Crippen LogP contribution is -2.42. The summed E-state index contributed by atoms with van der Waals surface area (Å²) < 4.78 is 11.5. The second kappa shape index (κ2) is 12.5. The summed E-state index contributed by atoms with van der Waals surface area (Å²) in [6.07, 6.45) is 2.82. The Balaban J connectivity index is 1.49. The molecular weight excluding hydrogens is 550 g/mol. The van der Waals surface area contributed by atoms with Gasteiger partial charge in [-0.2, -0.15) is 11.8 Å². The highest BCUT2D eigenvalue weighted by molar-refractivity contribution is 7.98. The predicted molar refractivity (Wildman–Crippen MR) is 167 cm³/mol. The maximum absolute atomic E-state index is 14.0. The van der Waals surface area contributed by atoms with Crippen LogP contribution in [0.2, 0.25) is 0 Å². The Morgan fingerprint density at radius 2 is 1.95 bits per heavy atom. The van der Waals surface area contributed by atoms with Gasteiger partial charge in [0.1, 0.15) is 0 Å². The number of methoxy groups -OCH3 is 2. The van der Waals surface area contributed by atoms with Gasteiger partial charge in [-0.1, -0.05) is 38.1 Å². The summed E-state index contributed by atoms with van der Waals surface area (Å²) in [4.78, 5) is 37.0. The van der Waals surface area contributed by atoms with Crippen LogP contribution in [0.5, 0.6) is 11.5 Å². The van der Waals surface area contributed by atoms with Gasteiger partial charge in [-0.25, -0.2) is 4.98 Å². The van der Waals surface area contributed by atoms with Crippen LogP contribution in [0.15, 0.2) is 60.1 Å². The number of anilines is 2. The first-order valence-corrected chi connectivity index (χ1v) is 15.3. The van der Waals surface area contributed by atoms with E-state index in [1.54, 1.807) is 32.3 Å². The van der Waals surface area contributed by atoms with Crippen LogP contribution in [0, 0.1) is 12.3 Å². The number of aromatic amines is 1. The fourth-order valence-corrected chi connectivity index (χ4v) is 6.73. The lowest BCUT2D eigenvalue weighted by molar-refractivity contribution is -0.120. The molecule has 3 N–H and O–H groups in total. The number of Topliss-reactive ketones (excluding diaryl/α,β-unsaturated/α-hetero) is 1. The Labute approximate surface area is 251 Å². The Morgan fingerprint density at radius 1 is 1.14 bits per heavy atom. The monoisotopic (exact) mass is 589 g/mol. The van der Waals surface area contributed by atoms with E-state index in [1.165, 1.54) is 0 Å². The highest BCUT2D eigenvalue weighted by Crippen LogP contribution is 2.50. The highest BCUT2D eigenvalue weighted by Gasteiger charge is 2.43. The second-order valence-electron chi connectivity index (χ2n) is 11.5. The number of imidazole rings is 1. The number of allylic oxidation sites excluding steroid dienone is 1. The fourth-order valence-electron chi connectivity index (χ4n) is 5.85. The van der Waals surface area contributed by atoms with Crippen molar-refractivity contribution >= 4 is 34.8 Å². The van der Waals surface area contributed by atoms with Crippen LogP contribution in [0.3, 0.4) is 0 Å². The molecule has 2 aliphatic rings. The molecule has 0 saturated carbocycles. The lowest BCUT2D eigenvalue weighted by Gasteiger charge is -2.38. The number of hydrogen-bond acceptors (Lipinski definition) is 8. The molecule has 5 rings (SSSR count). The number of nitrogens with one attached hydrogen (secondary N) is 3. The molecule has 0 fully saturated rings. The number of carbonyl (C=O) groups is 2. The van der Waals surface area contributed by atoms with Crippen molar-refractivity contribution in [2.24, 2.45) is 5.41 Å². The largest absolute Gasteiger partial charge is 0.493 e. The maximum Gasteiger partial charge on any atom is 0.239 e. The Morgan fingerprint density at radius 3 is 2.69 bits per heavy atom. The number of ketones is 1. The van der Waals surface area contributed by atoms with Crippen molar-refractivity contribution < 1.29 is 19.1 Å². The van der Waals surface area contributed by atoms with Gasteiger partial charge in [-0.3, -0.25) is 9.59 Å². The van der Waals surface area contributed by atoms with Gasteiger partial charge in [-0.05, 0) is 37.0 Å². The molecule has 2 aromatic carbocycles. The van der Waals surface area contributed by atoms with Gasteiger partial charge in [0.25, 0.3) is 0 Å². The molecule has 1 aliphatic carbocycles. The summed E-state index contributed by atoms with van der Waals surface area (Å²) in [6.45, 7) is 6.82. The number of thioether (sulfide) groups is 1. The standard InChI is InChI=1S/C32H39N5O4S/c1-20-24(35-19-34-20)18-42-14-13-33-28(39)17-37-25-11-7-6-10-22(25)36-23-15-32(2,3)16-26(38)29(23)30(37)21-9-8-12-27(40-4)31(21)41-5/h6-12,19,30,36H,13-18H2,1-5H3,(H,33,39)(H,34,35). The van der Waals surface area contributed by atoms with Crippen molar-refractivity contribution in [1.29, 1.82) is 0 Å². The van der Waals surface area contributed by atoms with E-state index in [2.05, 4.69) is 34.4 Å². The van der Waals surface area contributed by atoms with Crippen LogP contribution in [0.25, 0.3) is 0 Å². The molecule has 1 unspecified atom stereocenters. The number of fused-ring (bicyclic) bond motifs is 1. The molecule has 1 aromatic heterocycles. The van der Waals surface area contributed by atoms with Crippen LogP contribution < -0.4 is 25.0 Å². The molecule has 1 aliphatic heterocycles. The van der Waals surface area contributed by atoms with E-state index in [1.807, 2.05) is 54.3 Å². The zero-order valence-electron chi connectivity index (χ0n) is 24.9. The minimum atomic E-state index is -0.562. The summed E-state index contributed by atoms with van der Waals surface area (Å²) in [5.41, 5.74) is 5.91. The van der Waals surface area contributed by atoms with E-state index < -0.39 is 6.04 Å². The minimum Gasteiger partial charge on any atom is -0.493 e. The van der Waals surface area contributed by atoms with Gasteiger partial charge in [0, 0.05) is 47.0 Å². The molecule has 0 spiro atoms. The average Bonchev–Trinajstić information content (AvgIpc) is 3.31. The van der Waals surface area contributed by atoms with E-state index >= 15 is 0 Å². The van der Waals surface area contributed by atoms with Crippen molar-refractivity contribution in [3.8, 4) is 11.5 Å². The van der Waals surface area contributed by atoms with Gasteiger partial charge in [0.2, 0.25) is 5.91 Å². The number of hydrogen-bond donors (Lipinski definition) is 3. The minimum absolute atomic E-state index is 0.0559. The van der Waals surface area contributed by atoms with Gasteiger partial charge in [-0.15, -0.1) is 0 Å². The molecular formula is C32H39N5O4S. The molecule has 222 valence electrons. The van der Waals surface area contributed by atoms with Crippen molar-refractivity contribution in [2.45, 2.75) is 45.4 Å². The topological polar surface area (TPSA) is 109 Å². The van der Waals surface area contributed by atoms with Crippen LogP contribution in [-0.4, -0.2) is 54.7 Å². The number of amides is 1. The van der Waals surface area contributed by atoms with Gasteiger partial charge < -0.3 is 30.0 Å². The molecule has 0 bridgehead atoms. The molecule has 3 aromatic rings. The van der Waals surface area contributed by atoms with Crippen molar-refractivity contribution in [3.05, 3.63) is 77.0 Å². The zero-order valence-corrected chi connectivity index (χ0v) is 25.7.